The van der Waals surface area contributed by atoms with Gasteiger partial charge in [0, 0.05) is 23.7 Å². The van der Waals surface area contributed by atoms with Gasteiger partial charge in [0.2, 0.25) is 0 Å². The van der Waals surface area contributed by atoms with Crippen molar-refractivity contribution in [1.82, 2.24) is 4.37 Å². The number of hydrogen-bond acceptors (Lipinski definition) is 6. The van der Waals surface area contributed by atoms with Crippen molar-refractivity contribution in [3.63, 3.8) is 0 Å². The van der Waals surface area contributed by atoms with Crippen molar-refractivity contribution in [2.24, 2.45) is 0 Å². The van der Waals surface area contributed by atoms with E-state index >= 15 is 0 Å². The Morgan fingerprint density at radius 3 is 2.68 bits per heavy atom. The van der Waals surface area contributed by atoms with Gasteiger partial charge in [-0.1, -0.05) is 0 Å². The lowest BCUT2D eigenvalue weighted by Crippen LogP contribution is -2.02. The molecule has 0 aliphatic carbocycles. The molecular formula is C13H17N3O2S. The number of hydrogen-bond donors (Lipinski definition) is 2. The van der Waals surface area contributed by atoms with Gasteiger partial charge in [0.15, 0.2) is 0 Å². The number of nitrogen functional groups attached to an aromatic ring is 1. The first-order valence-corrected chi connectivity index (χ1v) is 6.59. The highest BCUT2D eigenvalue weighted by atomic mass is 32.1. The van der Waals surface area contributed by atoms with Crippen molar-refractivity contribution in [2.45, 2.75) is 13.5 Å². The van der Waals surface area contributed by atoms with Crippen LogP contribution in [0.2, 0.25) is 0 Å². The molecule has 0 bridgehead atoms. The summed E-state index contributed by atoms with van der Waals surface area (Å²) in [5.41, 5.74) is 7.76. The van der Waals surface area contributed by atoms with Gasteiger partial charge in [0.25, 0.3) is 0 Å². The molecule has 0 atom stereocenters. The number of methoxy groups -OCH3 is 2. The molecule has 102 valence electrons. The Morgan fingerprint density at radius 2 is 2.11 bits per heavy atom. The summed E-state index contributed by atoms with van der Waals surface area (Å²) in [6.45, 7) is 2.60. The summed E-state index contributed by atoms with van der Waals surface area (Å²) < 4.78 is 14.6. The number of nitrogens with zero attached hydrogens (tertiary/aromatic N) is 1. The van der Waals surface area contributed by atoms with Gasteiger partial charge in [-0.25, -0.2) is 0 Å². The van der Waals surface area contributed by atoms with E-state index in [1.54, 1.807) is 14.2 Å². The molecule has 1 heterocycles. The average Bonchev–Trinajstić information content (AvgIpc) is 2.76. The van der Waals surface area contributed by atoms with E-state index in [9.17, 15) is 0 Å². The van der Waals surface area contributed by atoms with E-state index in [1.165, 1.54) is 11.5 Å². The van der Waals surface area contributed by atoms with Crippen LogP contribution in [0.5, 0.6) is 11.5 Å². The fourth-order valence-corrected chi connectivity index (χ4v) is 2.39. The number of rotatable bonds is 5. The second-order valence-corrected chi connectivity index (χ2v) is 4.83. The minimum Gasteiger partial charge on any atom is -0.497 e. The third kappa shape index (κ3) is 2.90. The first-order chi connectivity index (χ1) is 9.15. The third-order valence-electron chi connectivity index (χ3n) is 2.89. The van der Waals surface area contributed by atoms with Crippen molar-refractivity contribution in [3.8, 4) is 11.5 Å². The number of nitrogens with one attached hydrogen (secondary N) is 1. The van der Waals surface area contributed by atoms with E-state index in [0.29, 0.717) is 12.4 Å². The Bertz CT molecular complexity index is 569. The largest absolute Gasteiger partial charge is 0.497 e. The van der Waals surface area contributed by atoms with Gasteiger partial charge in [0.05, 0.1) is 14.2 Å². The maximum absolute atomic E-state index is 5.72. The maximum Gasteiger partial charge on any atom is 0.142 e. The smallest absolute Gasteiger partial charge is 0.142 e. The number of nitrogens with two attached hydrogens (primary N) is 1. The van der Waals surface area contributed by atoms with Gasteiger partial charge in [0.1, 0.15) is 22.3 Å². The molecule has 0 aliphatic rings. The number of ether oxygens (including phenoxy) is 2. The van der Waals surface area contributed by atoms with Crippen molar-refractivity contribution in [1.29, 1.82) is 0 Å². The molecule has 0 unspecified atom stereocenters. The van der Waals surface area contributed by atoms with Crippen LogP contribution in [0.4, 0.5) is 10.8 Å². The summed E-state index contributed by atoms with van der Waals surface area (Å²) in [6.07, 6.45) is 0. The normalized spacial score (nSPS) is 10.3. The molecule has 6 heteroatoms. The molecular weight excluding hydrogens is 262 g/mol. The molecule has 0 saturated carbocycles. The predicted octanol–water partition coefficient (Wildman–Crippen LogP) is 2.66. The van der Waals surface area contributed by atoms with E-state index in [-0.39, 0.29) is 0 Å². The van der Waals surface area contributed by atoms with Gasteiger partial charge in [-0.3, -0.25) is 0 Å². The first kappa shape index (κ1) is 13.5. The van der Waals surface area contributed by atoms with Crippen LogP contribution < -0.4 is 20.5 Å². The van der Waals surface area contributed by atoms with E-state index in [2.05, 4.69) is 9.69 Å². The van der Waals surface area contributed by atoms with Crippen LogP contribution in [0.25, 0.3) is 0 Å². The van der Waals surface area contributed by atoms with E-state index < -0.39 is 0 Å². The maximum atomic E-state index is 5.72. The number of anilines is 2. The van der Waals surface area contributed by atoms with E-state index in [0.717, 1.165) is 27.6 Å². The Morgan fingerprint density at radius 1 is 1.32 bits per heavy atom. The standard InChI is InChI=1S/C13H17N3O2S/c1-8-12(14)16-19-13(8)15-7-9-4-5-10(17-2)6-11(9)18-3/h4-6,15H,7H2,1-3H3,(H2,14,16). The van der Waals surface area contributed by atoms with Gasteiger partial charge in [-0.2, -0.15) is 4.37 Å². The number of benzene rings is 1. The fourth-order valence-electron chi connectivity index (χ4n) is 1.69. The summed E-state index contributed by atoms with van der Waals surface area (Å²) in [5, 5.41) is 4.30. The van der Waals surface area contributed by atoms with Crippen LogP contribution in [0.15, 0.2) is 18.2 Å². The van der Waals surface area contributed by atoms with Gasteiger partial charge < -0.3 is 20.5 Å². The molecule has 0 spiro atoms. The molecule has 2 aromatic rings. The first-order valence-electron chi connectivity index (χ1n) is 5.82. The zero-order valence-electron chi connectivity index (χ0n) is 11.2. The Labute approximate surface area is 116 Å². The SMILES string of the molecule is COc1ccc(CNc2snc(N)c2C)c(OC)c1. The van der Waals surface area contributed by atoms with Gasteiger partial charge in [-0.05, 0) is 30.6 Å². The lowest BCUT2D eigenvalue weighted by atomic mass is 10.2. The van der Waals surface area contributed by atoms with Crippen molar-refractivity contribution in [3.05, 3.63) is 29.3 Å². The molecule has 1 aromatic carbocycles. The van der Waals surface area contributed by atoms with Crippen LogP contribution in [-0.4, -0.2) is 18.6 Å². The molecule has 5 nitrogen and oxygen atoms in total. The Kier molecular flexibility index (Phi) is 4.11. The summed E-state index contributed by atoms with van der Waals surface area (Å²) in [6, 6.07) is 5.75. The number of aromatic nitrogens is 1. The minimum absolute atomic E-state index is 0.578. The quantitative estimate of drug-likeness (QED) is 0.880. The van der Waals surface area contributed by atoms with Gasteiger partial charge in [-0.15, -0.1) is 0 Å². The van der Waals surface area contributed by atoms with Crippen LogP contribution >= 0.6 is 11.5 Å². The lowest BCUT2D eigenvalue weighted by molar-refractivity contribution is 0.391. The second kappa shape index (κ2) is 5.79. The predicted molar refractivity (Wildman–Crippen MR) is 78.1 cm³/mol. The lowest BCUT2D eigenvalue weighted by Gasteiger charge is -2.11. The molecule has 3 N–H and O–H groups in total. The molecule has 0 radical (unpaired) electrons. The molecule has 0 amide bonds. The van der Waals surface area contributed by atoms with Crippen molar-refractivity contribution in [2.75, 3.05) is 25.3 Å². The minimum atomic E-state index is 0.578. The van der Waals surface area contributed by atoms with E-state index in [4.69, 9.17) is 15.2 Å². The van der Waals surface area contributed by atoms with Crippen LogP contribution in [0.1, 0.15) is 11.1 Å². The second-order valence-electron chi connectivity index (χ2n) is 4.05. The van der Waals surface area contributed by atoms with Crippen LogP contribution in [-0.2, 0) is 6.54 Å². The summed E-state index contributed by atoms with van der Waals surface area (Å²) in [4.78, 5) is 0. The zero-order chi connectivity index (χ0) is 13.8. The Hall–Kier alpha value is -1.95. The highest BCUT2D eigenvalue weighted by molar-refractivity contribution is 7.10. The molecule has 19 heavy (non-hydrogen) atoms. The topological polar surface area (TPSA) is 69.4 Å². The highest BCUT2D eigenvalue weighted by Gasteiger charge is 2.09. The summed E-state index contributed by atoms with van der Waals surface area (Å²) >= 11 is 1.36. The van der Waals surface area contributed by atoms with Crippen LogP contribution in [0.3, 0.4) is 0 Å². The summed E-state index contributed by atoms with van der Waals surface area (Å²) in [7, 11) is 3.28. The van der Waals surface area contributed by atoms with Crippen LogP contribution in [0, 0.1) is 6.92 Å². The van der Waals surface area contributed by atoms with Crippen molar-refractivity contribution < 1.29 is 9.47 Å². The van der Waals surface area contributed by atoms with E-state index in [1.807, 2.05) is 25.1 Å². The Balaban J connectivity index is 2.13. The molecule has 0 fully saturated rings. The third-order valence-corrected chi connectivity index (χ3v) is 3.81. The molecule has 0 aliphatic heterocycles. The fraction of sp³-hybridized carbons (Fsp3) is 0.308. The molecule has 2 rings (SSSR count). The average molecular weight is 279 g/mol. The molecule has 0 saturated heterocycles. The zero-order valence-corrected chi connectivity index (χ0v) is 12.0. The summed E-state index contributed by atoms with van der Waals surface area (Å²) in [5.74, 6) is 2.15. The van der Waals surface area contributed by atoms with Gasteiger partial charge >= 0.3 is 0 Å². The monoisotopic (exact) mass is 279 g/mol. The van der Waals surface area contributed by atoms with Crippen molar-refractivity contribution >= 4 is 22.4 Å². The molecule has 1 aromatic heterocycles. The highest BCUT2D eigenvalue weighted by Crippen LogP contribution is 2.28.